The number of hydrogen-bond donors (Lipinski definition) is 1. The van der Waals surface area contributed by atoms with Crippen molar-refractivity contribution >= 4 is 11.6 Å². The number of amides is 1. The third kappa shape index (κ3) is 5.02. The Balaban J connectivity index is 1.96. The van der Waals surface area contributed by atoms with Gasteiger partial charge in [0.1, 0.15) is 11.5 Å². The Hall–Kier alpha value is -2.49. The number of ether oxygens (including phenoxy) is 2. The lowest BCUT2D eigenvalue weighted by atomic mass is 10.1. The zero-order valence-corrected chi connectivity index (χ0v) is 13.7. The molecule has 0 bridgehead atoms. The van der Waals surface area contributed by atoms with Gasteiger partial charge in [-0.25, -0.2) is 0 Å². The SMILES string of the molecule is CCOc1ccccc1CCC(=O)Nc1ccccc1OCC. The molecule has 4 heteroatoms. The first-order valence-electron chi connectivity index (χ1n) is 7.97. The van der Waals surface area contributed by atoms with Crippen LogP contribution in [0.3, 0.4) is 0 Å². The smallest absolute Gasteiger partial charge is 0.224 e. The van der Waals surface area contributed by atoms with Gasteiger partial charge in [0.05, 0.1) is 18.9 Å². The Morgan fingerprint density at radius 3 is 2.26 bits per heavy atom. The van der Waals surface area contributed by atoms with Gasteiger partial charge in [0.15, 0.2) is 0 Å². The molecule has 0 radical (unpaired) electrons. The van der Waals surface area contributed by atoms with E-state index in [-0.39, 0.29) is 5.91 Å². The molecule has 2 rings (SSSR count). The summed E-state index contributed by atoms with van der Waals surface area (Å²) >= 11 is 0. The van der Waals surface area contributed by atoms with E-state index in [0.717, 1.165) is 11.3 Å². The second kappa shape index (κ2) is 8.83. The highest BCUT2D eigenvalue weighted by molar-refractivity contribution is 5.92. The Morgan fingerprint density at radius 2 is 1.52 bits per heavy atom. The molecule has 0 aliphatic rings. The van der Waals surface area contributed by atoms with Crippen LogP contribution in [-0.4, -0.2) is 19.1 Å². The third-order valence-electron chi connectivity index (χ3n) is 3.35. The van der Waals surface area contributed by atoms with Crippen LogP contribution in [0.25, 0.3) is 0 Å². The monoisotopic (exact) mass is 313 g/mol. The van der Waals surface area contributed by atoms with Gasteiger partial charge in [-0.2, -0.15) is 0 Å². The molecule has 1 amide bonds. The first-order chi connectivity index (χ1) is 11.2. The van der Waals surface area contributed by atoms with Crippen LogP contribution in [0.2, 0.25) is 0 Å². The van der Waals surface area contributed by atoms with E-state index in [9.17, 15) is 4.79 Å². The minimum atomic E-state index is -0.0385. The molecular weight excluding hydrogens is 290 g/mol. The summed E-state index contributed by atoms with van der Waals surface area (Å²) in [5.74, 6) is 1.50. The molecule has 0 aromatic heterocycles. The van der Waals surface area contributed by atoms with Gasteiger partial charge in [0.2, 0.25) is 5.91 Å². The fourth-order valence-electron chi connectivity index (χ4n) is 2.32. The van der Waals surface area contributed by atoms with Crippen molar-refractivity contribution in [2.75, 3.05) is 18.5 Å². The van der Waals surface area contributed by atoms with Crippen LogP contribution >= 0.6 is 0 Å². The minimum absolute atomic E-state index is 0.0385. The van der Waals surface area contributed by atoms with Gasteiger partial charge >= 0.3 is 0 Å². The third-order valence-corrected chi connectivity index (χ3v) is 3.35. The van der Waals surface area contributed by atoms with Crippen LogP contribution in [0.4, 0.5) is 5.69 Å². The molecule has 0 spiro atoms. The molecule has 0 fully saturated rings. The van der Waals surface area contributed by atoms with Crippen molar-refractivity contribution in [3.05, 3.63) is 54.1 Å². The second-order valence-electron chi connectivity index (χ2n) is 5.02. The molecule has 122 valence electrons. The van der Waals surface area contributed by atoms with Crippen molar-refractivity contribution in [2.45, 2.75) is 26.7 Å². The summed E-state index contributed by atoms with van der Waals surface area (Å²) in [6, 6.07) is 15.3. The number of rotatable bonds is 8. The molecule has 0 unspecified atom stereocenters. The van der Waals surface area contributed by atoms with Crippen molar-refractivity contribution in [1.29, 1.82) is 0 Å². The number of benzene rings is 2. The topological polar surface area (TPSA) is 47.6 Å². The first-order valence-corrected chi connectivity index (χ1v) is 7.97. The van der Waals surface area contributed by atoms with E-state index in [2.05, 4.69) is 5.32 Å². The van der Waals surface area contributed by atoms with Crippen LogP contribution in [0.5, 0.6) is 11.5 Å². The van der Waals surface area contributed by atoms with Crippen molar-refractivity contribution < 1.29 is 14.3 Å². The van der Waals surface area contributed by atoms with Crippen LogP contribution in [0.15, 0.2) is 48.5 Å². The van der Waals surface area contributed by atoms with Crippen molar-refractivity contribution in [1.82, 2.24) is 0 Å². The highest BCUT2D eigenvalue weighted by Crippen LogP contribution is 2.24. The van der Waals surface area contributed by atoms with E-state index in [4.69, 9.17) is 9.47 Å². The largest absolute Gasteiger partial charge is 0.494 e. The lowest BCUT2D eigenvalue weighted by Gasteiger charge is -2.12. The zero-order chi connectivity index (χ0) is 16.5. The van der Waals surface area contributed by atoms with Gasteiger partial charge < -0.3 is 14.8 Å². The fourth-order valence-corrected chi connectivity index (χ4v) is 2.32. The number of carbonyl (C=O) groups excluding carboxylic acids is 1. The lowest BCUT2D eigenvalue weighted by Crippen LogP contribution is -2.13. The number of aryl methyl sites for hydroxylation is 1. The standard InChI is InChI=1S/C19H23NO3/c1-3-22-17-11-7-5-9-15(17)13-14-19(21)20-16-10-6-8-12-18(16)23-4-2/h5-12H,3-4,13-14H2,1-2H3,(H,20,21). The molecule has 0 aliphatic heterocycles. The van der Waals surface area contributed by atoms with E-state index >= 15 is 0 Å². The molecule has 2 aromatic carbocycles. The predicted molar refractivity (Wildman–Crippen MR) is 92.2 cm³/mol. The minimum Gasteiger partial charge on any atom is -0.494 e. The van der Waals surface area contributed by atoms with Crippen molar-refractivity contribution in [3.63, 3.8) is 0 Å². The van der Waals surface area contributed by atoms with Crippen LogP contribution in [-0.2, 0) is 11.2 Å². The van der Waals surface area contributed by atoms with Gasteiger partial charge in [-0.05, 0) is 44.0 Å². The van der Waals surface area contributed by atoms with E-state index in [1.165, 1.54) is 0 Å². The van der Waals surface area contributed by atoms with Crippen molar-refractivity contribution in [3.8, 4) is 11.5 Å². The maximum Gasteiger partial charge on any atom is 0.224 e. The van der Waals surface area contributed by atoms with Gasteiger partial charge in [-0.1, -0.05) is 30.3 Å². The summed E-state index contributed by atoms with van der Waals surface area (Å²) in [6.45, 7) is 5.05. The molecule has 0 saturated carbocycles. The van der Waals surface area contributed by atoms with E-state index in [1.807, 2.05) is 62.4 Å². The van der Waals surface area contributed by atoms with Crippen LogP contribution < -0.4 is 14.8 Å². The Labute approximate surface area is 137 Å². The average Bonchev–Trinajstić information content (AvgIpc) is 2.56. The van der Waals surface area contributed by atoms with Crippen LogP contribution in [0.1, 0.15) is 25.8 Å². The molecular formula is C19H23NO3. The maximum absolute atomic E-state index is 12.2. The first kappa shape index (κ1) is 16.9. The fraction of sp³-hybridized carbons (Fsp3) is 0.316. The molecule has 0 atom stereocenters. The molecule has 0 saturated heterocycles. The van der Waals surface area contributed by atoms with Crippen molar-refractivity contribution in [2.24, 2.45) is 0 Å². The Kier molecular flexibility index (Phi) is 6.48. The Morgan fingerprint density at radius 1 is 0.913 bits per heavy atom. The van der Waals surface area contributed by atoms with Gasteiger partial charge in [-0.15, -0.1) is 0 Å². The average molecular weight is 313 g/mol. The van der Waals surface area contributed by atoms with Gasteiger partial charge in [-0.3, -0.25) is 4.79 Å². The van der Waals surface area contributed by atoms with Gasteiger partial charge in [0, 0.05) is 6.42 Å². The summed E-state index contributed by atoms with van der Waals surface area (Å²) in [5, 5.41) is 2.91. The summed E-state index contributed by atoms with van der Waals surface area (Å²) in [7, 11) is 0. The molecule has 1 N–H and O–H groups in total. The van der Waals surface area contributed by atoms with E-state index in [1.54, 1.807) is 0 Å². The summed E-state index contributed by atoms with van der Waals surface area (Å²) in [6.07, 6.45) is 1.03. The molecule has 0 aliphatic carbocycles. The molecule has 23 heavy (non-hydrogen) atoms. The number of anilines is 1. The zero-order valence-electron chi connectivity index (χ0n) is 13.7. The van der Waals surface area contributed by atoms with E-state index in [0.29, 0.717) is 37.5 Å². The second-order valence-corrected chi connectivity index (χ2v) is 5.02. The normalized spacial score (nSPS) is 10.2. The highest BCUT2D eigenvalue weighted by Gasteiger charge is 2.09. The number of para-hydroxylation sites is 3. The molecule has 4 nitrogen and oxygen atoms in total. The Bertz CT molecular complexity index is 640. The number of carbonyl (C=O) groups is 1. The number of nitrogens with one attached hydrogen (secondary N) is 1. The van der Waals surface area contributed by atoms with Gasteiger partial charge in [0.25, 0.3) is 0 Å². The van der Waals surface area contributed by atoms with Crippen LogP contribution in [0, 0.1) is 0 Å². The summed E-state index contributed by atoms with van der Waals surface area (Å²) < 4.78 is 11.1. The highest BCUT2D eigenvalue weighted by atomic mass is 16.5. The maximum atomic E-state index is 12.2. The summed E-state index contributed by atoms with van der Waals surface area (Å²) in [4.78, 5) is 12.2. The molecule has 0 heterocycles. The quantitative estimate of drug-likeness (QED) is 0.799. The predicted octanol–water partition coefficient (Wildman–Crippen LogP) is 4.06. The lowest BCUT2D eigenvalue weighted by molar-refractivity contribution is -0.116. The number of hydrogen-bond acceptors (Lipinski definition) is 3. The summed E-state index contributed by atoms with van der Waals surface area (Å²) in [5.41, 5.74) is 1.75. The molecule has 2 aromatic rings. The van der Waals surface area contributed by atoms with E-state index < -0.39 is 0 Å².